The summed E-state index contributed by atoms with van der Waals surface area (Å²) in [5.74, 6) is 1.88. The number of ether oxygens (including phenoxy) is 2. The molecule has 3 N–H and O–H groups in total. The molecule has 4 heteroatoms. The van der Waals surface area contributed by atoms with E-state index in [1.54, 1.807) is 14.2 Å². The molecule has 0 aliphatic carbocycles. The highest BCUT2D eigenvalue weighted by molar-refractivity contribution is 5.52. The highest BCUT2D eigenvalue weighted by Gasteiger charge is 2.13. The van der Waals surface area contributed by atoms with Crippen molar-refractivity contribution < 1.29 is 9.47 Å². The van der Waals surface area contributed by atoms with Crippen LogP contribution in [0.4, 0.5) is 0 Å². The van der Waals surface area contributed by atoms with Crippen molar-refractivity contribution in [2.24, 2.45) is 5.73 Å². The molecule has 0 aliphatic rings. The second kappa shape index (κ2) is 7.36. The lowest BCUT2D eigenvalue weighted by molar-refractivity contribution is 0.393. The van der Waals surface area contributed by atoms with Gasteiger partial charge in [0, 0.05) is 12.6 Å². The van der Waals surface area contributed by atoms with E-state index >= 15 is 0 Å². The highest BCUT2D eigenvalue weighted by atomic mass is 16.5. The van der Waals surface area contributed by atoms with Gasteiger partial charge in [0.25, 0.3) is 0 Å². The lowest BCUT2D eigenvalue weighted by atomic mass is 10.0. The number of rotatable bonds is 7. The SMILES string of the molecule is COc1cc(CCNCC(C)N)c(OC)c(C)c1C. The van der Waals surface area contributed by atoms with Crippen molar-refractivity contribution in [3.63, 3.8) is 0 Å². The number of hydrogen-bond donors (Lipinski definition) is 2. The van der Waals surface area contributed by atoms with Gasteiger partial charge < -0.3 is 20.5 Å². The van der Waals surface area contributed by atoms with E-state index in [4.69, 9.17) is 15.2 Å². The number of benzene rings is 1. The Morgan fingerprint density at radius 2 is 1.89 bits per heavy atom. The van der Waals surface area contributed by atoms with Crippen LogP contribution in [-0.4, -0.2) is 33.4 Å². The number of methoxy groups -OCH3 is 2. The second-order valence-electron chi connectivity index (χ2n) is 4.95. The molecule has 1 aromatic rings. The molecule has 0 spiro atoms. The molecule has 0 aromatic heterocycles. The van der Waals surface area contributed by atoms with Crippen LogP contribution in [0.2, 0.25) is 0 Å². The molecule has 0 amide bonds. The van der Waals surface area contributed by atoms with Crippen molar-refractivity contribution in [2.75, 3.05) is 27.3 Å². The smallest absolute Gasteiger partial charge is 0.125 e. The van der Waals surface area contributed by atoms with Gasteiger partial charge >= 0.3 is 0 Å². The molecule has 0 aliphatic heterocycles. The molecule has 4 nitrogen and oxygen atoms in total. The molecule has 19 heavy (non-hydrogen) atoms. The summed E-state index contributed by atoms with van der Waals surface area (Å²) in [5.41, 5.74) is 9.15. The molecule has 1 unspecified atom stereocenters. The van der Waals surface area contributed by atoms with Crippen molar-refractivity contribution in [3.05, 3.63) is 22.8 Å². The summed E-state index contributed by atoms with van der Waals surface area (Å²) in [6.07, 6.45) is 0.896. The summed E-state index contributed by atoms with van der Waals surface area (Å²) in [7, 11) is 3.42. The Labute approximate surface area is 116 Å². The molecule has 1 aromatic carbocycles. The molecule has 0 bridgehead atoms. The fraction of sp³-hybridized carbons (Fsp3) is 0.600. The van der Waals surface area contributed by atoms with Crippen molar-refractivity contribution in [1.82, 2.24) is 5.32 Å². The van der Waals surface area contributed by atoms with Crippen LogP contribution < -0.4 is 20.5 Å². The topological polar surface area (TPSA) is 56.5 Å². The molecule has 1 rings (SSSR count). The zero-order valence-corrected chi connectivity index (χ0v) is 12.7. The zero-order chi connectivity index (χ0) is 14.4. The van der Waals surface area contributed by atoms with E-state index in [1.807, 2.05) is 6.92 Å². The van der Waals surface area contributed by atoms with E-state index in [-0.39, 0.29) is 6.04 Å². The summed E-state index contributed by atoms with van der Waals surface area (Å²) < 4.78 is 10.9. The number of nitrogens with one attached hydrogen (secondary N) is 1. The predicted molar refractivity (Wildman–Crippen MR) is 79.2 cm³/mol. The van der Waals surface area contributed by atoms with Gasteiger partial charge in [-0.3, -0.25) is 0 Å². The lowest BCUT2D eigenvalue weighted by Gasteiger charge is -2.17. The molecule has 0 radical (unpaired) electrons. The Morgan fingerprint density at radius 3 is 2.42 bits per heavy atom. The van der Waals surface area contributed by atoms with Gasteiger partial charge in [0.15, 0.2) is 0 Å². The third-order valence-corrected chi connectivity index (χ3v) is 3.33. The normalized spacial score (nSPS) is 12.3. The highest BCUT2D eigenvalue weighted by Crippen LogP contribution is 2.33. The first kappa shape index (κ1) is 15.8. The molecular formula is C15H26N2O2. The van der Waals surface area contributed by atoms with Gasteiger partial charge in [0.05, 0.1) is 14.2 Å². The van der Waals surface area contributed by atoms with Gasteiger partial charge in [0.2, 0.25) is 0 Å². The Morgan fingerprint density at radius 1 is 1.21 bits per heavy atom. The molecule has 0 heterocycles. The van der Waals surface area contributed by atoms with E-state index in [0.29, 0.717) is 0 Å². The fourth-order valence-electron chi connectivity index (χ4n) is 2.16. The third kappa shape index (κ3) is 4.11. The molecule has 108 valence electrons. The van der Waals surface area contributed by atoms with Gasteiger partial charge in [-0.15, -0.1) is 0 Å². The Kier molecular flexibility index (Phi) is 6.12. The zero-order valence-electron chi connectivity index (χ0n) is 12.7. The second-order valence-corrected chi connectivity index (χ2v) is 4.95. The number of nitrogens with two attached hydrogens (primary N) is 1. The standard InChI is InChI=1S/C15H26N2O2/c1-10(16)9-17-7-6-13-8-14(18-4)11(2)12(3)15(13)19-5/h8,10,17H,6-7,9,16H2,1-5H3. The first-order valence-electron chi connectivity index (χ1n) is 6.68. The van der Waals surface area contributed by atoms with Crippen molar-refractivity contribution >= 4 is 0 Å². The molecule has 0 fully saturated rings. The van der Waals surface area contributed by atoms with Gasteiger partial charge in [-0.1, -0.05) is 0 Å². The van der Waals surface area contributed by atoms with Crippen LogP contribution >= 0.6 is 0 Å². The first-order chi connectivity index (χ1) is 9.01. The van der Waals surface area contributed by atoms with Crippen LogP contribution in [-0.2, 0) is 6.42 Å². The van der Waals surface area contributed by atoms with Gasteiger partial charge in [-0.05, 0) is 56.5 Å². The van der Waals surface area contributed by atoms with E-state index in [9.17, 15) is 0 Å². The molecule has 0 saturated heterocycles. The Bertz CT molecular complexity index is 417. The maximum absolute atomic E-state index is 5.71. The maximum atomic E-state index is 5.71. The number of hydrogen-bond acceptors (Lipinski definition) is 4. The van der Waals surface area contributed by atoms with Gasteiger partial charge in [0.1, 0.15) is 11.5 Å². The van der Waals surface area contributed by atoms with Gasteiger partial charge in [-0.2, -0.15) is 0 Å². The van der Waals surface area contributed by atoms with Crippen LogP contribution in [0.5, 0.6) is 11.5 Å². The van der Waals surface area contributed by atoms with Crippen LogP contribution in [0.1, 0.15) is 23.6 Å². The van der Waals surface area contributed by atoms with Crippen LogP contribution in [0, 0.1) is 13.8 Å². The summed E-state index contributed by atoms with van der Waals surface area (Å²) in [6, 6.07) is 2.24. The molecule has 1 atom stereocenters. The first-order valence-corrected chi connectivity index (χ1v) is 6.68. The quantitative estimate of drug-likeness (QED) is 0.739. The minimum absolute atomic E-state index is 0.177. The lowest BCUT2D eigenvalue weighted by Crippen LogP contribution is -2.32. The van der Waals surface area contributed by atoms with Crippen LogP contribution in [0.15, 0.2) is 6.07 Å². The average Bonchev–Trinajstić information content (AvgIpc) is 2.38. The minimum atomic E-state index is 0.177. The summed E-state index contributed by atoms with van der Waals surface area (Å²) in [5, 5.41) is 3.33. The van der Waals surface area contributed by atoms with Crippen LogP contribution in [0.25, 0.3) is 0 Å². The molecular weight excluding hydrogens is 240 g/mol. The van der Waals surface area contributed by atoms with E-state index in [1.165, 1.54) is 5.56 Å². The summed E-state index contributed by atoms with van der Waals surface area (Å²) in [4.78, 5) is 0. The summed E-state index contributed by atoms with van der Waals surface area (Å²) >= 11 is 0. The largest absolute Gasteiger partial charge is 0.496 e. The van der Waals surface area contributed by atoms with E-state index in [0.717, 1.165) is 42.1 Å². The molecule has 0 saturated carbocycles. The van der Waals surface area contributed by atoms with Crippen molar-refractivity contribution in [2.45, 2.75) is 33.2 Å². The minimum Gasteiger partial charge on any atom is -0.496 e. The van der Waals surface area contributed by atoms with Crippen molar-refractivity contribution in [1.29, 1.82) is 0 Å². The average molecular weight is 266 g/mol. The predicted octanol–water partition coefficient (Wildman–Crippen LogP) is 1.80. The van der Waals surface area contributed by atoms with Gasteiger partial charge in [-0.25, -0.2) is 0 Å². The monoisotopic (exact) mass is 266 g/mol. The maximum Gasteiger partial charge on any atom is 0.125 e. The van der Waals surface area contributed by atoms with Crippen LogP contribution in [0.3, 0.4) is 0 Å². The summed E-state index contributed by atoms with van der Waals surface area (Å²) in [6.45, 7) is 7.81. The Balaban J connectivity index is 2.84. The third-order valence-electron chi connectivity index (χ3n) is 3.33. The fourth-order valence-corrected chi connectivity index (χ4v) is 2.16. The van der Waals surface area contributed by atoms with E-state index < -0.39 is 0 Å². The Hall–Kier alpha value is -1.26. The van der Waals surface area contributed by atoms with E-state index in [2.05, 4.69) is 25.2 Å². The van der Waals surface area contributed by atoms with Crippen molar-refractivity contribution in [3.8, 4) is 11.5 Å².